The topological polar surface area (TPSA) is 253 Å². The second-order valence-corrected chi connectivity index (χ2v) is 9.54. The number of H-pyrrole nitrogens is 1. The van der Waals surface area contributed by atoms with Crippen molar-refractivity contribution in [3.63, 3.8) is 0 Å². The summed E-state index contributed by atoms with van der Waals surface area (Å²) in [4.78, 5) is 76.0. The van der Waals surface area contributed by atoms with Crippen LogP contribution in [0.5, 0.6) is 0 Å². The molecule has 0 bridgehead atoms. The third-order valence-electron chi connectivity index (χ3n) is 6.04. The number of carbonyl (C=O) groups excluding carboxylic acids is 5. The minimum absolute atomic E-state index is 0.0182. The van der Waals surface area contributed by atoms with Crippen molar-refractivity contribution < 1.29 is 33.9 Å². The van der Waals surface area contributed by atoms with Crippen LogP contribution in [0.15, 0.2) is 30.5 Å². The second-order valence-electron chi connectivity index (χ2n) is 9.54. The largest absolute Gasteiger partial charge is 0.480 e. The van der Waals surface area contributed by atoms with Gasteiger partial charge in [-0.15, -0.1) is 0 Å². The van der Waals surface area contributed by atoms with Crippen LogP contribution >= 0.6 is 0 Å². The van der Waals surface area contributed by atoms with E-state index in [1.54, 1.807) is 26.1 Å². The van der Waals surface area contributed by atoms with E-state index in [2.05, 4.69) is 20.9 Å². The summed E-state index contributed by atoms with van der Waals surface area (Å²) >= 11 is 0. The van der Waals surface area contributed by atoms with Crippen LogP contribution in [0.4, 0.5) is 0 Å². The molecule has 1 aromatic heterocycles. The molecule has 0 saturated carbocycles. The summed E-state index contributed by atoms with van der Waals surface area (Å²) in [5.74, 6) is -5.74. The Bertz CT molecular complexity index is 1230. The van der Waals surface area contributed by atoms with Gasteiger partial charge in [0.2, 0.25) is 29.5 Å². The first kappa shape index (κ1) is 30.8. The number of aliphatic carboxylic acids is 1. The first-order chi connectivity index (χ1) is 18.3. The maximum atomic E-state index is 13.3. The molecule has 1 aromatic carbocycles. The average Bonchev–Trinajstić information content (AvgIpc) is 3.26. The van der Waals surface area contributed by atoms with Gasteiger partial charge in [-0.05, 0) is 24.0 Å². The van der Waals surface area contributed by atoms with Crippen molar-refractivity contribution in [2.24, 2.45) is 23.1 Å². The van der Waals surface area contributed by atoms with Crippen molar-refractivity contribution >= 4 is 46.4 Å². The Kier molecular flexibility index (Phi) is 11.0. The number of para-hydroxylation sites is 1. The SMILES string of the molecule is CC(C)C(NC(=O)C(N)CCC(N)=O)C(=O)NC(Cc1c[nH]c2ccccc12)C(=O)NC(CC(N)=O)C(=O)O. The predicted octanol–water partition coefficient (Wildman–Crippen LogP) is -1.63. The number of aromatic amines is 1. The summed E-state index contributed by atoms with van der Waals surface area (Å²) in [5.41, 5.74) is 17.5. The smallest absolute Gasteiger partial charge is 0.326 e. The summed E-state index contributed by atoms with van der Waals surface area (Å²) < 4.78 is 0. The molecule has 0 fully saturated rings. The van der Waals surface area contributed by atoms with Gasteiger partial charge in [0, 0.05) is 29.9 Å². The molecule has 1 heterocycles. The number of primary amides is 2. The van der Waals surface area contributed by atoms with Crippen molar-refractivity contribution in [2.45, 2.75) is 63.7 Å². The minimum Gasteiger partial charge on any atom is -0.480 e. The van der Waals surface area contributed by atoms with E-state index in [0.29, 0.717) is 5.56 Å². The molecule has 0 aliphatic carbocycles. The maximum Gasteiger partial charge on any atom is 0.326 e. The van der Waals surface area contributed by atoms with Gasteiger partial charge in [0.05, 0.1) is 12.5 Å². The van der Waals surface area contributed by atoms with E-state index in [1.165, 1.54) is 0 Å². The summed E-state index contributed by atoms with van der Waals surface area (Å²) in [6, 6.07) is 2.15. The van der Waals surface area contributed by atoms with Crippen LogP contribution in [0.25, 0.3) is 10.9 Å². The molecule has 11 N–H and O–H groups in total. The van der Waals surface area contributed by atoms with Gasteiger partial charge < -0.3 is 43.2 Å². The number of fused-ring (bicyclic) bond motifs is 1. The third-order valence-corrected chi connectivity index (χ3v) is 6.04. The molecular formula is C25H35N7O7. The number of rotatable bonds is 15. The van der Waals surface area contributed by atoms with Crippen LogP contribution in [0.3, 0.4) is 0 Å². The second kappa shape index (κ2) is 13.9. The lowest BCUT2D eigenvalue weighted by Gasteiger charge is -2.27. The number of carbonyl (C=O) groups is 6. The lowest BCUT2D eigenvalue weighted by molar-refractivity contribution is -0.143. The zero-order valence-corrected chi connectivity index (χ0v) is 21.7. The van der Waals surface area contributed by atoms with Gasteiger partial charge in [-0.25, -0.2) is 4.79 Å². The highest BCUT2D eigenvalue weighted by molar-refractivity contribution is 5.95. The Morgan fingerprint density at radius 1 is 0.897 bits per heavy atom. The first-order valence-electron chi connectivity index (χ1n) is 12.3. The predicted molar refractivity (Wildman–Crippen MR) is 140 cm³/mol. The van der Waals surface area contributed by atoms with Crippen LogP contribution in [0.1, 0.15) is 38.7 Å². The van der Waals surface area contributed by atoms with Crippen LogP contribution in [0, 0.1) is 5.92 Å². The minimum atomic E-state index is -1.61. The zero-order chi connectivity index (χ0) is 29.3. The molecule has 0 saturated heterocycles. The van der Waals surface area contributed by atoms with E-state index in [-0.39, 0.29) is 19.3 Å². The normalized spacial score (nSPS) is 14.2. The first-order valence-corrected chi connectivity index (χ1v) is 12.3. The monoisotopic (exact) mass is 545 g/mol. The van der Waals surface area contributed by atoms with Gasteiger partial charge >= 0.3 is 5.97 Å². The van der Waals surface area contributed by atoms with Crippen molar-refractivity contribution in [3.8, 4) is 0 Å². The molecule has 4 unspecified atom stereocenters. The van der Waals surface area contributed by atoms with E-state index in [9.17, 15) is 33.9 Å². The number of carboxylic acid groups (broad SMARTS) is 1. The molecule has 5 amide bonds. The van der Waals surface area contributed by atoms with Crippen molar-refractivity contribution in [2.75, 3.05) is 0 Å². The summed E-state index contributed by atoms with van der Waals surface area (Å²) in [6.07, 6.45) is 0.838. The molecular weight excluding hydrogens is 510 g/mol. The van der Waals surface area contributed by atoms with Gasteiger partial charge in [-0.3, -0.25) is 24.0 Å². The van der Waals surface area contributed by atoms with Crippen LogP contribution in [-0.2, 0) is 35.2 Å². The highest BCUT2D eigenvalue weighted by Gasteiger charge is 2.32. The van der Waals surface area contributed by atoms with Gasteiger partial charge in [-0.2, -0.15) is 0 Å². The number of hydrogen-bond donors (Lipinski definition) is 8. The molecule has 212 valence electrons. The fourth-order valence-corrected chi connectivity index (χ4v) is 3.89. The number of aromatic nitrogens is 1. The molecule has 0 spiro atoms. The van der Waals surface area contributed by atoms with Gasteiger partial charge in [-0.1, -0.05) is 32.0 Å². The molecule has 14 nitrogen and oxygen atoms in total. The number of hydrogen-bond acceptors (Lipinski definition) is 7. The fraction of sp³-hybridized carbons (Fsp3) is 0.440. The van der Waals surface area contributed by atoms with Gasteiger partial charge in [0.15, 0.2) is 0 Å². The standard InChI is InChI=1S/C25H35N7O7/c1-12(2)21(32-22(35)15(26)7-8-19(27)33)24(37)30-17(23(36)31-18(25(38)39)10-20(28)34)9-13-11-29-16-6-4-3-5-14(13)16/h3-6,11-12,15,17-18,21,29H,7-10,26H2,1-2H3,(H2,27,33)(H2,28,34)(H,30,37)(H,31,36)(H,32,35)(H,38,39). The third kappa shape index (κ3) is 9.10. The molecule has 0 aliphatic rings. The fourth-order valence-electron chi connectivity index (χ4n) is 3.89. The van der Waals surface area contributed by atoms with Crippen LogP contribution < -0.4 is 33.2 Å². The summed E-state index contributed by atoms with van der Waals surface area (Å²) in [5, 5.41) is 17.6. The Morgan fingerprint density at radius 3 is 2.13 bits per heavy atom. The molecule has 2 aromatic rings. The molecule has 14 heteroatoms. The summed E-state index contributed by atoms with van der Waals surface area (Å²) in [7, 11) is 0. The molecule has 4 atom stereocenters. The highest BCUT2D eigenvalue weighted by Crippen LogP contribution is 2.19. The average molecular weight is 546 g/mol. The van der Waals surface area contributed by atoms with E-state index in [1.807, 2.05) is 18.2 Å². The van der Waals surface area contributed by atoms with Gasteiger partial charge in [0.1, 0.15) is 18.1 Å². The Labute approximate surface area is 224 Å². The number of amides is 5. The van der Waals surface area contributed by atoms with E-state index < -0.39 is 72.0 Å². The molecule has 0 radical (unpaired) electrons. The lowest BCUT2D eigenvalue weighted by Crippen LogP contribution is -2.59. The van der Waals surface area contributed by atoms with Crippen molar-refractivity contribution in [1.82, 2.24) is 20.9 Å². The Hall–Kier alpha value is -4.46. The van der Waals surface area contributed by atoms with Crippen molar-refractivity contribution in [3.05, 3.63) is 36.0 Å². The van der Waals surface area contributed by atoms with Gasteiger partial charge in [0.25, 0.3) is 0 Å². The van der Waals surface area contributed by atoms with E-state index in [0.717, 1.165) is 10.9 Å². The molecule has 0 aliphatic heterocycles. The summed E-state index contributed by atoms with van der Waals surface area (Å²) in [6.45, 7) is 3.34. The van der Waals surface area contributed by atoms with E-state index >= 15 is 0 Å². The lowest BCUT2D eigenvalue weighted by atomic mass is 9.99. The number of carboxylic acids is 1. The maximum absolute atomic E-state index is 13.3. The number of nitrogens with one attached hydrogen (secondary N) is 4. The van der Waals surface area contributed by atoms with E-state index in [4.69, 9.17) is 17.2 Å². The molecule has 39 heavy (non-hydrogen) atoms. The van der Waals surface area contributed by atoms with Crippen LogP contribution in [-0.4, -0.2) is 69.8 Å². The number of nitrogens with two attached hydrogens (primary N) is 3. The number of benzene rings is 1. The molecule has 2 rings (SSSR count). The zero-order valence-electron chi connectivity index (χ0n) is 21.7. The Balaban J connectivity index is 2.29. The van der Waals surface area contributed by atoms with Crippen LogP contribution in [0.2, 0.25) is 0 Å². The quantitative estimate of drug-likeness (QED) is 0.129. The van der Waals surface area contributed by atoms with Crippen molar-refractivity contribution in [1.29, 1.82) is 0 Å². The highest BCUT2D eigenvalue weighted by atomic mass is 16.4. The Morgan fingerprint density at radius 2 is 1.54 bits per heavy atom.